The van der Waals surface area contributed by atoms with E-state index in [1.807, 2.05) is 0 Å². The fraction of sp³-hybridized carbons (Fsp3) is 0.750. The van der Waals surface area contributed by atoms with Crippen molar-refractivity contribution in [3.05, 3.63) is 0 Å². The van der Waals surface area contributed by atoms with Crippen LogP contribution in [0.4, 0.5) is 0 Å². The second kappa shape index (κ2) is 3.70. The summed E-state index contributed by atoms with van der Waals surface area (Å²) in [7, 11) is 0. The van der Waals surface area contributed by atoms with Crippen molar-refractivity contribution in [2.75, 3.05) is 0 Å². The lowest BCUT2D eigenvalue weighted by Crippen LogP contribution is -1.86. The molecule has 0 spiro atoms. The van der Waals surface area contributed by atoms with Crippen molar-refractivity contribution in [3.63, 3.8) is 0 Å². The molecule has 0 amide bonds. The van der Waals surface area contributed by atoms with Crippen LogP contribution in [0, 0.1) is 0 Å². The summed E-state index contributed by atoms with van der Waals surface area (Å²) < 4.78 is 0.509. The predicted molar refractivity (Wildman–Crippen MR) is 41.2 cm³/mol. The van der Waals surface area contributed by atoms with Crippen LogP contribution in [-0.4, -0.2) is 8.91 Å². The van der Waals surface area contributed by atoms with Gasteiger partial charge in [0.2, 0.25) is 0 Å². The Morgan fingerprint density at radius 2 is 2.14 bits per heavy atom. The summed E-state index contributed by atoms with van der Waals surface area (Å²) in [6, 6.07) is 0. The molecule has 0 aromatic rings. The average molecular weight is 155 g/mol. The van der Waals surface area contributed by atoms with E-state index in [-0.39, 0.29) is 0 Å². The third-order valence-electron chi connectivity index (χ3n) is 0.328. The standard InChI is InChI=1S/C4H7ClS2/c1-3(2)7-4(5)6/h3H,1-2H3. The molecule has 0 fully saturated rings. The number of halogens is 1. The summed E-state index contributed by atoms with van der Waals surface area (Å²) in [5, 5.41) is 0.519. The van der Waals surface area contributed by atoms with Crippen LogP contribution in [0.1, 0.15) is 13.8 Å². The monoisotopic (exact) mass is 154 g/mol. The van der Waals surface area contributed by atoms with Gasteiger partial charge in [0.1, 0.15) is 3.66 Å². The van der Waals surface area contributed by atoms with Gasteiger partial charge in [-0.25, -0.2) is 0 Å². The lowest BCUT2D eigenvalue weighted by atomic mass is 10.6. The van der Waals surface area contributed by atoms with E-state index in [2.05, 4.69) is 26.1 Å². The molecule has 0 atom stereocenters. The molecule has 0 N–H and O–H groups in total. The van der Waals surface area contributed by atoms with Gasteiger partial charge in [-0.1, -0.05) is 49.4 Å². The molecular formula is C4H7ClS2. The smallest absolute Gasteiger partial charge is 0.0997 e. The van der Waals surface area contributed by atoms with Crippen LogP contribution in [0.15, 0.2) is 0 Å². The third-order valence-corrected chi connectivity index (χ3v) is 1.54. The van der Waals surface area contributed by atoms with Gasteiger partial charge < -0.3 is 0 Å². The summed E-state index contributed by atoms with van der Waals surface area (Å²) in [6.45, 7) is 4.11. The zero-order valence-corrected chi connectivity index (χ0v) is 6.66. The van der Waals surface area contributed by atoms with Gasteiger partial charge in [0, 0.05) is 5.25 Å². The van der Waals surface area contributed by atoms with Crippen molar-refractivity contribution in [1.29, 1.82) is 0 Å². The topological polar surface area (TPSA) is 0 Å². The van der Waals surface area contributed by atoms with E-state index in [0.717, 1.165) is 0 Å². The van der Waals surface area contributed by atoms with Crippen LogP contribution >= 0.6 is 35.6 Å². The molecule has 0 aliphatic carbocycles. The third kappa shape index (κ3) is 6.73. The van der Waals surface area contributed by atoms with E-state index in [4.69, 9.17) is 11.6 Å². The number of hydrogen-bond acceptors (Lipinski definition) is 2. The first-order valence-electron chi connectivity index (χ1n) is 1.99. The van der Waals surface area contributed by atoms with E-state index < -0.39 is 0 Å². The zero-order valence-electron chi connectivity index (χ0n) is 4.27. The Kier molecular flexibility index (Phi) is 4.08. The minimum atomic E-state index is 0.509. The fourth-order valence-electron chi connectivity index (χ4n) is 0.185. The van der Waals surface area contributed by atoms with E-state index in [0.29, 0.717) is 8.91 Å². The van der Waals surface area contributed by atoms with Crippen molar-refractivity contribution >= 4 is 39.2 Å². The van der Waals surface area contributed by atoms with Crippen LogP contribution in [0.5, 0.6) is 0 Å². The van der Waals surface area contributed by atoms with E-state index >= 15 is 0 Å². The Morgan fingerprint density at radius 1 is 1.71 bits per heavy atom. The number of thiocarbonyl (C=S) groups is 1. The molecule has 0 unspecified atom stereocenters. The maximum Gasteiger partial charge on any atom is 0.137 e. The fourth-order valence-corrected chi connectivity index (χ4v) is 1.67. The van der Waals surface area contributed by atoms with Crippen LogP contribution in [0.2, 0.25) is 0 Å². The van der Waals surface area contributed by atoms with Crippen LogP contribution in [0.3, 0.4) is 0 Å². The lowest BCUT2D eigenvalue weighted by Gasteiger charge is -1.96. The Morgan fingerprint density at radius 3 is 2.14 bits per heavy atom. The molecule has 0 aliphatic rings. The molecule has 0 aromatic carbocycles. The van der Waals surface area contributed by atoms with Crippen molar-refractivity contribution in [3.8, 4) is 0 Å². The maximum atomic E-state index is 5.37. The zero-order chi connectivity index (χ0) is 5.86. The molecule has 0 bridgehead atoms. The second-order valence-electron chi connectivity index (χ2n) is 1.40. The summed E-state index contributed by atoms with van der Waals surface area (Å²) >= 11 is 11.5. The number of rotatable bonds is 1. The molecule has 0 saturated heterocycles. The van der Waals surface area contributed by atoms with Crippen molar-refractivity contribution < 1.29 is 0 Å². The molecule has 0 rings (SSSR count). The molecule has 0 radical (unpaired) electrons. The Hall–Kier alpha value is 0.730. The van der Waals surface area contributed by atoms with Crippen molar-refractivity contribution in [2.24, 2.45) is 0 Å². The van der Waals surface area contributed by atoms with Gasteiger partial charge in [0.05, 0.1) is 0 Å². The van der Waals surface area contributed by atoms with Gasteiger partial charge >= 0.3 is 0 Å². The minimum absolute atomic E-state index is 0.509. The molecule has 0 saturated carbocycles. The Bertz CT molecular complexity index is 70.1. The first-order valence-corrected chi connectivity index (χ1v) is 3.65. The second-order valence-corrected chi connectivity index (χ2v) is 4.48. The van der Waals surface area contributed by atoms with Crippen LogP contribution in [0.25, 0.3) is 0 Å². The summed E-state index contributed by atoms with van der Waals surface area (Å²) in [4.78, 5) is 0. The molecule has 7 heavy (non-hydrogen) atoms. The molecule has 0 aromatic heterocycles. The van der Waals surface area contributed by atoms with E-state index in [9.17, 15) is 0 Å². The first-order chi connectivity index (χ1) is 3.13. The highest BCUT2D eigenvalue weighted by atomic mass is 35.5. The molecule has 0 aliphatic heterocycles. The number of hydrogen-bond donors (Lipinski definition) is 0. The van der Waals surface area contributed by atoms with Gasteiger partial charge in [-0.05, 0) is 0 Å². The molecule has 3 heteroatoms. The molecule has 0 heterocycles. The highest BCUT2D eigenvalue weighted by Gasteiger charge is 1.94. The largest absolute Gasteiger partial charge is 0.137 e. The highest BCUT2D eigenvalue weighted by molar-refractivity contribution is 8.26. The highest BCUT2D eigenvalue weighted by Crippen LogP contribution is 2.13. The van der Waals surface area contributed by atoms with E-state index in [1.54, 1.807) is 0 Å². The maximum absolute atomic E-state index is 5.37. The quantitative estimate of drug-likeness (QED) is 0.421. The van der Waals surface area contributed by atoms with Gasteiger partial charge in [0.25, 0.3) is 0 Å². The molecule has 0 nitrogen and oxygen atoms in total. The van der Waals surface area contributed by atoms with Gasteiger partial charge in [-0.2, -0.15) is 0 Å². The van der Waals surface area contributed by atoms with Gasteiger partial charge in [-0.15, -0.1) is 0 Å². The van der Waals surface area contributed by atoms with E-state index in [1.165, 1.54) is 11.8 Å². The average Bonchev–Trinajstić information content (AvgIpc) is 1.27. The molecular weight excluding hydrogens is 148 g/mol. The summed E-state index contributed by atoms with van der Waals surface area (Å²) in [6.07, 6.45) is 0. The van der Waals surface area contributed by atoms with Crippen LogP contribution < -0.4 is 0 Å². The minimum Gasteiger partial charge on any atom is -0.0997 e. The number of thioether (sulfide) groups is 1. The van der Waals surface area contributed by atoms with Gasteiger partial charge in [-0.3, -0.25) is 0 Å². The Balaban J connectivity index is 3.13. The summed E-state index contributed by atoms with van der Waals surface area (Å²) in [5.41, 5.74) is 0. The van der Waals surface area contributed by atoms with Crippen molar-refractivity contribution in [1.82, 2.24) is 0 Å². The summed E-state index contributed by atoms with van der Waals surface area (Å²) in [5.74, 6) is 0. The molecule has 42 valence electrons. The SMILES string of the molecule is CC(C)SC(=S)Cl. The Labute approximate surface area is 58.6 Å². The normalized spacial score (nSPS) is 9.71. The predicted octanol–water partition coefficient (Wildman–Crippen LogP) is 2.65. The van der Waals surface area contributed by atoms with Crippen molar-refractivity contribution in [2.45, 2.75) is 19.1 Å². The van der Waals surface area contributed by atoms with Gasteiger partial charge in [0.15, 0.2) is 0 Å². The first kappa shape index (κ1) is 7.73. The van der Waals surface area contributed by atoms with Crippen LogP contribution in [-0.2, 0) is 0 Å². The lowest BCUT2D eigenvalue weighted by molar-refractivity contribution is 1.12.